The lowest BCUT2D eigenvalue weighted by molar-refractivity contribution is -0.136. The lowest BCUT2D eigenvalue weighted by Crippen LogP contribution is -2.54. The van der Waals surface area contributed by atoms with Gasteiger partial charge in [0.1, 0.15) is 6.04 Å². The maximum Gasteiger partial charge on any atom is 0.262 e. The van der Waals surface area contributed by atoms with E-state index in [9.17, 15) is 42.0 Å². The molecule has 5 N–H and O–H groups in total. The molecule has 1 fully saturated rings. The van der Waals surface area contributed by atoms with Crippen molar-refractivity contribution in [3.8, 4) is 22.4 Å². The maximum atomic E-state index is 13.1. The molecule has 1 atom stereocenters. The van der Waals surface area contributed by atoms with Crippen molar-refractivity contribution in [3.63, 3.8) is 0 Å². The summed E-state index contributed by atoms with van der Waals surface area (Å²) in [5.74, 6) is -3.12. The smallest absolute Gasteiger partial charge is 0.262 e. The van der Waals surface area contributed by atoms with Gasteiger partial charge >= 0.3 is 0 Å². The third kappa shape index (κ3) is 12.7. The number of carbonyl (C=O) groups is 7. The van der Waals surface area contributed by atoms with Crippen LogP contribution in [0.2, 0.25) is 0 Å². The zero-order chi connectivity index (χ0) is 47.5. The molecule has 0 saturated carbocycles. The number of aromatic nitrogens is 2. The minimum Gasteiger partial charge on any atom is -0.385 e. The highest BCUT2D eigenvalue weighted by Gasteiger charge is 2.44. The van der Waals surface area contributed by atoms with Crippen LogP contribution in [0.5, 0.6) is 0 Å². The van der Waals surface area contributed by atoms with Gasteiger partial charge in [-0.2, -0.15) is 0 Å². The van der Waals surface area contributed by atoms with Crippen molar-refractivity contribution in [2.24, 2.45) is 0 Å². The molecule has 3 aromatic carbocycles. The molecule has 2 aliphatic heterocycles. The van der Waals surface area contributed by atoms with E-state index in [4.69, 9.17) is 0 Å². The molecule has 19 heteroatoms. The number of rotatable bonds is 22. The van der Waals surface area contributed by atoms with Gasteiger partial charge in [-0.15, -0.1) is 11.3 Å². The fraction of sp³-hybridized carbons (Fsp3) is 0.333. The van der Waals surface area contributed by atoms with E-state index in [1.54, 1.807) is 18.2 Å². The second-order valence-corrected chi connectivity index (χ2v) is 19.3. The van der Waals surface area contributed by atoms with Crippen LogP contribution in [-0.2, 0) is 35.7 Å². The minimum absolute atomic E-state index is 0.0176. The van der Waals surface area contributed by atoms with Crippen molar-refractivity contribution in [1.29, 1.82) is 0 Å². The summed E-state index contributed by atoms with van der Waals surface area (Å²) in [6, 6.07) is 21.2. The van der Waals surface area contributed by atoms with Gasteiger partial charge in [0.25, 0.3) is 17.7 Å². The molecule has 7 rings (SSSR count). The second kappa shape index (κ2) is 22.0. The SMILES string of the molecule is CS(=O)(=O)n1ccc(C(=O)NCC(=O)Nc2nc(-c3cccc(-c4cccc(CNC(=O)CCCCCCCCCCNc5ccc6c(c5)C(=O)N(C5CCC(=O)NC5=O)C6=O)c4)c3)cs2)c1. The highest BCUT2D eigenvalue weighted by atomic mass is 32.2. The number of imide groups is 2. The van der Waals surface area contributed by atoms with Crippen LogP contribution in [0.25, 0.3) is 22.4 Å². The van der Waals surface area contributed by atoms with Crippen LogP contribution < -0.4 is 26.6 Å². The number of hydrogen-bond acceptors (Lipinski definition) is 12. The van der Waals surface area contributed by atoms with E-state index in [1.165, 1.54) is 29.8 Å². The number of carbonyl (C=O) groups excluding carboxylic acids is 7. The van der Waals surface area contributed by atoms with Gasteiger partial charge in [0.05, 0.1) is 35.2 Å². The normalized spacial score (nSPS) is 14.7. The number of nitrogens with one attached hydrogen (secondary N) is 5. The average molecular weight is 949 g/mol. The summed E-state index contributed by atoms with van der Waals surface area (Å²) in [5.41, 5.74) is 5.79. The van der Waals surface area contributed by atoms with E-state index in [0.717, 1.165) is 94.4 Å². The van der Waals surface area contributed by atoms with Crippen LogP contribution in [0.3, 0.4) is 0 Å². The van der Waals surface area contributed by atoms with Crippen LogP contribution in [0, 0.1) is 0 Å². The topological polar surface area (TPSA) is 235 Å². The largest absolute Gasteiger partial charge is 0.385 e. The third-order valence-corrected chi connectivity index (χ3v) is 13.2. The zero-order valence-corrected chi connectivity index (χ0v) is 38.6. The van der Waals surface area contributed by atoms with Crippen LogP contribution in [0.1, 0.15) is 107 Å². The first-order valence-electron chi connectivity index (χ1n) is 22.2. The molecule has 2 aromatic heterocycles. The van der Waals surface area contributed by atoms with Crippen molar-refractivity contribution < 1.29 is 42.0 Å². The number of hydrogen-bond donors (Lipinski definition) is 5. The quantitative estimate of drug-likeness (QED) is 0.0393. The summed E-state index contributed by atoms with van der Waals surface area (Å²) >= 11 is 1.25. The molecule has 5 aromatic rings. The molecule has 0 bridgehead atoms. The Hall–Kier alpha value is -6.99. The van der Waals surface area contributed by atoms with Crippen LogP contribution in [0.4, 0.5) is 10.8 Å². The molecule has 1 unspecified atom stereocenters. The fourth-order valence-electron chi connectivity index (χ4n) is 7.90. The number of fused-ring (bicyclic) bond motifs is 1. The van der Waals surface area contributed by atoms with E-state index in [-0.39, 0.29) is 42.0 Å². The number of benzene rings is 3. The Morgan fingerprint density at radius 1 is 0.791 bits per heavy atom. The summed E-state index contributed by atoms with van der Waals surface area (Å²) in [6.07, 6.45) is 12.3. The minimum atomic E-state index is -3.53. The molecule has 67 heavy (non-hydrogen) atoms. The van der Waals surface area contributed by atoms with E-state index in [0.29, 0.717) is 30.3 Å². The van der Waals surface area contributed by atoms with Crippen LogP contribution >= 0.6 is 11.3 Å². The summed E-state index contributed by atoms with van der Waals surface area (Å²) < 4.78 is 24.3. The van der Waals surface area contributed by atoms with Gasteiger partial charge in [-0.3, -0.25) is 47.8 Å². The third-order valence-electron chi connectivity index (χ3n) is 11.5. The van der Waals surface area contributed by atoms with Gasteiger partial charge in [0.15, 0.2) is 5.13 Å². The monoisotopic (exact) mass is 948 g/mol. The van der Waals surface area contributed by atoms with Gasteiger partial charge < -0.3 is 21.3 Å². The number of nitrogens with zero attached hydrogens (tertiary/aromatic N) is 3. The Morgan fingerprint density at radius 3 is 2.24 bits per heavy atom. The Kier molecular flexibility index (Phi) is 15.7. The Bertz CT molecular complexity index is 2800. The Morgan fingerprint density at radius 2 is 1.49 bits per heavy atom. The average Bonchev–Trinajstić information content (AvgIpc) is 4.06. The number of piperidine rings is 1. The number of unbranched alkanes of at least 4 members (excludes halogenated alkanes) is 7. The highest BCUT2D eigenvalue weighted by Crippen LogP contribution is 2.31. The van der Waals surface area contributed by atoms with Gasteiger partial charge in [-0.05, 0) is 72.4 Å². The molecular weight excluding hydrogens is 897 g/mol. The lowest BCUT2D eigenvalue weighted by atomic mass is 10.0. The molecular formula is C48H52N8O9S2. The van der Waals surface area contributed by atoms with E-state index < -0.39 is 51.5 Å². The van der Waals surface area contributed by atoms with Crippen molar-refractivity contribution in [2.45, 2.75) is 83.2 Å². The predicted octanol–water partition coefficient (Wildman–Crippen LogP) is 6.10. The molecule has 350 valence electrons. The van der Waals surface area contributed by atoms with E-state index in [2.05, 4.69) is 31.6 Å². The maximum absolute atomic E-state index is 13.1. The summed E-state index contributed by atoms with van der Waals surface area (Å²) in [7, 11) is -3.53. The first-order valence-corrected chi connectivity index (χ1v) is 24.9. The van der Waals surface area contributed by atoms with Gasteiger partial charge in [-0.25, -0.2) is 13.4 Å². The summed E-state index contributed by atoms with van der Waals surface area (Å²) in [4.78, 5) is 93.0. The zero-order valence-electron chi connectivity index (χ0n) is 37.0. The standard InChI is InChI=1S/C48H52N8O9S2/c1-67(64,65)55-23-21-35(29-55)44(60)51-28-43(59)54-48-52-39(30-66-48)34-15-11-14-33(25-34)32-13-10-12-31(24-32)27-50-41(57)16-8-6-4-2-3-5-7-9-22-49-36-17-18-37-38(26-36)47(63)56(46(37)62)40-19-20-42(58)53-45(40)61/h10-15,17-18,21,23-26,29-30,40,49H,2-9,16,19-20,22,27-28H2,1H3,(H,50,57)(H,51,60)(H,52,54,59)(H,53,58,61). The predicted molar refractivity (Wildman–Crippen MR) is 254 cm³/mol. The molecule has 17 nitrogen and oxygen atoms in total. The molecule has 0 aliphatic carbocycles. The Labute approximate surface area is 392 Å². The summed E-state index contributed by atoms with van der Waals surface area (Å²) in [5, 5.41) is 15.9. The molecule has 7 amide bonds. The molecule has 2 aliphatic rings. The fourth-order valence-corrected chi connectivity index (χ4v) is 9.22. The van der Waals surface area contributed by atoms with Crippen molar-refractivity contribution in [3.05, 3.63) is 113 Å². The number of amides is 7. The lowest BCUT2D eigenvalue weighted by Gasteiger charge is -2.27. The highest BCUT2D eigenvalue weighted by molar-refractivity contribution is 7.89. The summed E-state index contributed by atoms with van der Waals surface area (Å²) in [6.45, 7) is 0.802. The molecule has 1 saturated heterocycles. The number of anilines is 2. The van der Waals surface area contributed by atoms with E-state index >= 15 is 0 Å². The first kappa shape index (κ1) is 48.0. The molecule has 4 heterocycles. The van der Waals surface area contributed by atoms with Gasteiger partial charge in [0, 0.05) is 55.0 Å². The van der Waals surface area contributed by atoms with Crippen LogP contribution in [-0.4, -0.2) is 89.0 Å². The van der Waals surface area contributed by atoms with E-state index in [1.807, 2.05) is 53.9 Å². The van der Waals surface area contributed by atoms with Crippen molar-refractivity contribution in [2.75, 3.05) is 30.0 Å². The van der Waals surface area contributed by atoms with Gasteiger partial charge in [-0.1, -0.05) is 74.9 Å². The van der Waals surface area contributed by atoms with Gasteiger partial charge in [0.2, 0.25) is 33.7 Å². The Balaban J connectivity index is 0.747. The second-order valence-electron chi connectivity index (χ2n) is 16.5. The molecule has 0 radical (unpaired) electrons. The first-order chi connectivity index (χ1) is 32.2. The molecule has 0 spiro atoms. The van der Waals surface area contributed by atoms with Crippen LogP contribution in [0.15, 0.2) is 90.6 Å². The van der Waals surface area contributed by atoms with Crippen molar-refractivity contribution >= 4 is 73.5 Å². The van der Waals surface area contributed by atoms with Crippen molar-refractivity contribution in [1.82, 2.24) is 29.8 Å². The number of thiazole rings is 1.